The first-order chi connectivity index (χ1) is 9.22. The number of hydrogen-bond donors (Lipinski definition) is 2. The van der Waals surface area contributed by atoms with Crippen molar-refractivity contribution in [1.82, 2.24) is 4.98 Å². The van der Waals surface area contributed by atoms with Crippen LogP contribution in [0.4, 0.5) is 11.5 Å². The van der Waals surface area contributed by atoms with E-state index in [9.17, 15) is 5.11 Å². The number of rotatable bonds is 2. The van der Waals surface area contributed by atoms with Gasteiger partial charge in [-0.15, -0.1) is 0 Å². The number of aromatic nitrogens is 1. The van der Waals surface area contributed by atoms with Crippen molar-refractivity contribution in [2.24, 2.45) is 0 Å². The molecule has 3 aromatic rings. The lowest BCUT2D eigenvalue weighted by atomic mass is 10.2. The molecule has 2 N–H and O–H groups in total. The third-order valence-electron chi connectivity index (χ3n) is 2.81. The summed E-state index contributed by atoms with van der Waals surface area (Å²) in [6.45, 7) is 0. The van der Waals surface area contributed by atoms with Gasteiger partial charge in [-0.05, 0) is 42.5 Å². The van der Waals surface area contributed by atoms with E-state index >= 15 is 0 Å². The summed E-state index contributed by atoms with van der Waals surface area (Å²) in [7, 11) is 0. The number of nitrogens with zero attached hydrogens (tertiary/aromatic N) is 1. The molecule has 0 aliphatic rings. The van der Waals surface area contributed by atoms with E-state index in [4.69, 9.17) is 11.6 Å². The zero-order valence-corrected chi connectivity index (χ0v) is 10.7. The van der Waals surface area contributed by atoms with Gasteiger partial charge in [0.2, 0.25) is 0 Å². The van der Waals surface area contributed by atoms with Gasteiger partial charge >= 0.3 is 0 Å². The van der Waals surface area contributed by atoms with Crippen LogP contribution in [0.15, 0.2) is 54.6 Å². The van der Waals surface area contributed by atoms with Gasteiger partial charge < -0.3 is 10.4 Å². The maximum absolute atomic E-state index is 9.24. The Morgan fingerprint density at radius 1 is 0.947 bits per heavy atom. The summed E-state index contributed by atoms with van der Waals surface area (Å²) in [4.78, 5) is 4.49. The number of aromatic hydroxyl groups is 1. The SMILES string of the molecule is Oc1ccc(Nc2ccc3cccc(Cl)c3n2)cc1. The number of para-hydroxylation sites is 1. The fourth-order valence-electron chi connectivity index (χ4n) is 1.87. The molecule has 1 aromatic heterocycles. The van der Waals surface area contributed by atoms with Gasteiger partial charge in [-0.2, -0.15) is 0 Å². The summed E-state index contributed by atoms with van der Waals surface area (Å²) in [5.41, 5.74) is 1.63. The lowest BCUT2D eigenvalue weighted by molar-refractivity contribution is 0.475. The van der Waals surface area contributed by atoms with Gasteiger partial charge in [0.05, 0.1) is 10.5 Å². The lowest BCUT2D eigenvalue weighted by Gasteiger charge is -2.07. The number of phenols is 1. The number of halogens is 1. The molecule has 0 aliphatic heterocycles. The van der Waals surface area contributed by atoms with Crippen LogP contribution in [0.1, 0.15) is 0 Å². The Morgan fingerprint density at radius 3 is 2.53 bits per heavy atom. The molecule has 0 fully saturated rings. The number of benzene rings is 2. The van der Waals surface area contributed by atoms with E-state index in [-0.39, 0.29) is 5.75 Å². The van der Waals surface area contributed by atoms with Crippen molar-refractivity contribution in [3.63, 3.8) is 0 Å². The van der Waals surface area contributed by atoms with Crippen LogP contribution in [0, 0.1) is 0 Å². The minimum absolute atomic E-state index is 0.236. The molecule has 0 radical (unpaired) electrons. The molecular formula is C15H11ClN2O. The molecule has 0 bridgehead atoms. The molecule has 0 unspecified atom stereocenters. The number of pyridine rings is 1. The lowest BCUT2D eigenvalue weighted by Crippen LogP contribution is -1.93. The van der Waals surface area contributed by atoms with E-state index in [1.165, 1.54) is 0 Å². The van der Waals surface area contributed by atoms with Gasteiger partial charge in [-0.1, -0.05) is 23.7 Å². The second-order valence-corrected chi connectivity index (χ2v) is 4.59. The zero-order valence-electron chi connectivity index (χ0n) is 9.97. The molecule has 3 rings (SSSR count). The molecule has 0 aliphatic carbocycles. The van der Waals surface area contributed by atoms with E-state index in [0.29, 0.717) is 10.8 Å². The highest BCUT2D eigenvalue weighted by molar-refractivity contribution is 6.35. The molecule has 0 saturated heterocycles. The third-order valence-corrected chi connectivity index (χ3v) is 3.12. The van der Waals surface area contributed by atoms with Crippen LogP contribution in [0.3, 0.4) is 0 Å². The molecule has 0 atom stereocenters. The first-order valence-electron chi connectivity index (χ1n) is 5.84. The van der Waals surface area contributed by atoms with Crippen LogP contribution < -0.4 is 5.32 Å². The summed E-state index contributed by atoms with van der Waals surface area (Å²) in [5, 5.41) is 14.0. The number of nitrogens with one attached hydrogen (secondary N) is 1. The average Bonchev–Trinajstić information content (AvgIpc) is 2.42. The van der Waals surface area contributed by atoms with Crippen LogP contribution in [-0.2, 0) is 0 Å². The summed E-state index contributed by atoms with van der Waals surface area (Å²) >= 11 is 6.13. The van der Waals surface area contributed by atoms with Gasteiger partial charge in [0, 0.05) is 11.1 Å². The Morgan fingerprint density at radius 2 is 1.74 bits per heavy atom. The van der Waals surface area contributed by atoms with Gasteiger partial charge in [0.25, 0.3) is 0 Å². The Kier molecular flexibility index (Phi) is 2.97. The Bertz CT molecular complexity index is 726. The topological polar surface area (TPSA) is 45.1 Å². The normalized spacial score (nSPS) is 10.6. The summed E-state index contributed by atoms with van der Waals surface area (Å²) in [6, 6.07) is 16.4. The highest BCUT2D eigenvalue weighted by Crippen LogP contribution is 2.24. The van der Waals surface area contributed by atoms with E-state index < -0.39 is 0 Å². The van der Waals surface area contributed by atoms with Gasteiger partial charge in [-0.3, -0.25) is 0 Å². The Balaban J connectivity index is 1.97. The monoisotopic (exact) mass is 270 g/mol. The van der Waals surface area contributed by atoms with Crippen molar-refractivity contribution in [3.05, 3.63) is 59.6 Å². The van der Waals surface area contributed by atoms with Gasteiger partial charge in [0.15, 0.2) is 0 Å². The van der Waals surface area contributed by atoms with Crippen LogP contribution in [0.25, 0.3) is 10.9 Å². The van der Waals surface area contributed by atoms with E-state index in [1.54, 1.807) is 24.3 Å². The molecule has 0 saturated carbocycles. The standard InChI is InChI=1S/C15H11ClN2O/c16-13-3-1-2-10-4-9-14(18-15(10)13)17-11-5-7-12(19)8-6-11/h1-9,19H,(H,17,18). The number of hydrogen-bond acceptors (Lipinski definition) is 3. The van der Waals surface area contributed by atoms with E-state index in [0.717, 1.165) is 16.6 Å². The molecule has 2 aromatic carbocycles. The maximum Gasteiger partial charge on any atom is 0.131 e. The van der Waals surface area contributed by atoms with Gasteiger partial charge in [0.1, 0.15) is 11.6 Å². The predicted octanol–water partition coefficient (Wildman–Crippen LogP) is 4.34. The number of anilines is 2. The van der Waals surface area contributed by atoms with Crippen molar-refractivity contribution in [2.45, 2.75) is 0 Å². The van der Waals surface area contributed by atoms with Crippen LogP contribution in [0.2, 0.25) is 5.02 Å². The number of phenolic OH excluding ortho intramolecular Hbond substituents is 1. The molecule has 19 heavy (non-hydrogen) atoms. The molecule has 4 heteroatoms. The first-order valence-corrected chi connectivity index (χ1v) is 6.21. The van der Waals surface area contributed by atoms with Crippen molar-refractivity contribution in [1.29, 1.82) is 0 Å². The zero-order chi connectivity index (χ0) is 13.2. The largest absolute Gasteiger partial charge is 0.508 e. The average molecular weight is 271 g/mol. The van der Waals surface area contributed by atoms with Crippen LogP contribution in [0.5, 0.6) is 5.75 Å². The van der Waals surface area contributed by atoms with Crippen LogP contribution in [-0.4, -0.2) is 10.1 Å². The summed E-state index contributed by atoms with van der Waals surface area (Å²) < 4.78 is 0. The molecule has 0 amide bonds. The minimum Gasteiger partial charge on any atom is -0.508 e. The van der Waals surface area contributed by atoms with E-state index in [1.807, 2.05) is 30.3 Å². The van der Waals surface area contributed by atoms with E-state index in [2.05, 4.69) is 10.3 Å². The third kappa shape index (κ3) is 2.46. The Hall–Kier alpha value is -2.26. The highest BCUT2D eigenvalue weighted by Gasteiger charge is 2.02. The summed E-state index contributed by atoms with van der Waals surface area (Å²) in [6.07, 6.45) is 0. The molecule has 94 valence electrons. The number of fused-ring (bicyclic) bond motifs is 1. The van der Waals surface area contributed by atoms with Crippen LogP contribution >= 0.6 is 11.6 Å². The van der Waals surface area contributed by atoms with Crippen molar-refractivity contribution >= 4 is 34.0 Å². The second-order valence-electron chi connectivity index (χ2n) is 4.18. The van der Waals surface area contributed by atoms with Crippen molar-refractivity contribution in [2.75, 3.05) is 5.32 Å². The van der Waals surface area contributed by atoms with Crippen molar-refractivity contribution in [3.8, 4) is 5.75 Å². The molecule has 0 spiro atoms. The predicted molar refractivity (Wildman–Crippen MR) is 78.1 cm³/mol. The fraction of sp³-hybridized carbons (Fsp3) is 0. The quantitative estimate of drug-likeness (QED) is 0.681. The first kappa shape index (κ1) is 11.8. The molecular weight excluding hydrogens is 260 g/mol. The maximum atomic E-state index is 9.24. The molecule has 1 heterocycles. The van der Waals surface area contributed by atoms with Crippen molar-refractivity contribution < 1.29 is 5.11 Å². The summed E-state index contributed by atoms with van der Waals surface area (Å²) in [5.74, 6) is 0.950. The molecule has 3 nitrogen and oxygen atoms in total. The highest BCUT2D eigenvalue weighted by atomic mass is 35.5. The smallest absolute Gasteiger partial charge is 0.131 e. The second kappa shape index (κ2) is 4.78. The fourth-order valence-corrected chi connectivity index (χ4v) is 2.10. The Labute approximate surface area is 115 Å². The minimum atomic E-state index is 0.236. The van der Waals surface area contributed by atoms with Gasteiger partial charge in [-0.25, -0.2) is 4.98 Å².